The zero-order valence-corrected chi connectivity index (χ0v) is 29.5. The van der Waals surface area contributed by atoms with E-state index in [0.717, 1.165) is 17.3 Å². The van der Waals surface area contributed by atoms with Gasteiger partial charge in [0.2, 0.25) is 5.60 Å². The van der Waals surface area contributed by atoms with Gasteiger partial charge in [-0.15, -0.1) is 0 Å². The number of ether oxygens (including phenoxy) is 6. The zero-order chi connectivity index (χ0) is 36.6. The second-order valence-corrected chi connectivity index (χ2v) is 13.3. The summed E-state index contributed by atoms with van der Waals surface area (Å²) < 4.78 is 82.5. The fourth-order valence-corrected chi connectivity index (χ4v) is 7.09. The highest BCUT2D eigenvalue weighted by molar-refractivity contribution is 8.14. The standard InChI is InChI=1S/C37H41F3N2O8S/c1-5-46-32(43)33(44)50-36(37(38,39)40,21-20-24-16-18-27(45-4)19-17-24)31-30(48-23-26-14-10-7-11-15-26)29(47-22-25-12-8-6-9-13-25)28-34(49-31)51-35(41-28)42(2)3/h6-19,28-31,34H,5,20-23H2,1-4H3/t28-,29-,30+,31?,34-,36+/m1/s1. The maximum atomic E-state index is 16.0. The molecule has 0 N–H and O–H groups in total. The first-order chi connectivity index (χ1) is 24.5. The van der Waals surface area contributed by atoms with Crippen LogP contribution in [0.3, 0.4) is 0 Å². The van der Waals surface area contributed by atoms with E-state index in [0.29, 0.717) is 22.0 Å². The Hall–Kier alpha value is -4.11. The van der Waals surface area contributed by atoms with Gasteiger partial charge in [-0.25, -0.2) is 9.59 Å². The van der Waals surface area contributed by atoms with Gasteiger partial charge in [0.05, 0.1) is 26.9 Å². The van der Waals surface area contributed by atoms with Crippen LogP contribution in [-0.2, 0) is 52.9 Å². The average molecular weight is 731 g/mol. The van der Waals surface area contributed by atoms with Crippen LogP contribution in [0.5, 0.6) is 5.75 Å². The van der Waals surface area contributed by atoms with Crippen LogP contribution in [0, 0.1) is 0 Å². The number of carbonyl (C=O) groups excluding carboxylic acids is 2. The summed E-state index contributed by atoms with van der Waals surface area (Å²) in [5, 5.41) is 0.514. The molecule has 0 saturated carbocycles. The third kappa shape index (κ3) is 9.04. The van der Waals surface area contributed by atoms with Crippen LogP contribution in [0.4, 0.5) is 13.2 Å². The number of thioether (sulfide) groups is 1. The van der Waals surface area contributed by atoms with Crippen LogP contribution in [0.1, 0.15) is 30.0 Å². The van der Waals surface area contributed by atoms with E-state index in [2.05, 4.69) is 0 Å². The Kier molecular flexibility index (Phi) is 12.7. The predicted molar refractivity (Wildman–Crippen MR) is 184 cm³/mol. The van der Waals surface area contributed by atoms with Gasteiger partial charge in [0, 0.05) is 20.5 Å². The summed E-state index contributed by atoms with van der Waals surface area (Å²) in [6.07, 6.45) is -10.9. The summed E-state index contributed by atoms with van der Waals surface area (Å²) in [5.74, 6) is -2.85. The van der Waals surface area contributed by atoms with Crippen molar-refractivity contribution in [1.82, 2.24) is 4.90 Å². The Morgan fingerprint density at radius 1 is 0.843 bits per heavy atom. The first kappa shape index (κ1) is 38.1. The van der Waals surface area contributed by atoms with E-state index in [1.54, 1.807) is 67.5 Å². The fraction of sp³-hybridized carbons (Fsp3) is 0.432. The number of amidine groups is 1. The normalized spacial score (nSPS) is 22.6. The Bertz CT molecular complexity index is 1630. The fourth-order valence-electron chi connectivity index (χ4n) is 5.95. The summed E-state index contributed by atoms with van der Waals surface area (Å²) in [6, 6.07) is 23.8. The van der Waals surface area contributed by atoms with Crippen LogP contribution in [0.25, 0.3) is 0 Å². The molecule has 2 aliphatic rings. The van der Waals surface area contributed by atoms with Crippen LogP contribution in [0.15, 0.2) is 89.9 Å². The summed E-state index contributed by atoms with van der Waals surface area (Å²) >= 11 is 1.13. The number of methoxy groups -OCH3 is 1. The number of benzene rings is 3. The van der Waals surface area contributed by atoms with Gasteiger partial charge in [0.15, 0.2) is 5.17 Å². The molecule has 1 unspecified atom stereocenters. The van der Waals surface area contributed by atoms with Crippen molar-refractivity contribution in [3.05, 3.63) is 102 Å². The lowest BCUT2D eigenvalue weighted by molar-refractivity contribution is -0.335. The molecule has 3 aromatic rings. The first-order valence-corrected chi connectivity index (χ1v) is 17.3. The maximum Gasteiger partial charge on any atom is 0.431 e. The molecule has 0 radical (unpaired) electrons. The lowest BCUT2D eigenvalue weighted by Crippen LogP contribution is -2.69. The minimum atomic E-state index is -5.27. The van der Waals surface area contributed by atoms with Crippen LogP contribution in [-0.4, -0.2) is 91.4 Å². The van der Waals surface area contributed by atoms with E-state index in [1.807, 2.05) is 36.4 Å². The number of hydrogen-bond donors (Lipinski definition) is 0. The summed E-state index contributed by atoms with van der Waals surface area (Å²) in [7, 11) is 5.00. The van der Waals surface area contributed by atoms with Crippen molar-refractivity contribution in [3.8, 4) is 5.75 Å². The van der Waals surface area contributed by atoms with Gasteiger partial charge in [-0.05, 0) is 42.2 Å². The summed E-state index contributed by atoms with van der Waals surface area (Å²) in [4.78, 5) is 32.3. The predicted octanol–water partition coefficient (Wildman–Crippen LogP) is 5.96. The number of nitrogens with zero attached hydrogens (tertiary/aromatic N) is 2. The van der Waals surface area contributed by atoms with Crippen LogP contribution in [0.2, 0.25) is 0 Å². The second-order valence-electron chi connectivity index (χ2n) is 12.2. The molecule has 0 amide bonds. The lowest BCUT2D eigenvalue weighted by atomic mass is 9.81. The van der Waals surface area contributed by atoms with Crippen molar-refractivity contribution in [3.63, 3.8) is 0 Å². The van der Waals surface area contributed by atoms with Crippen molar-refractivity contribution in [2.24, 2.45) is 4.99 Å². The molecule has 0 bridgehead atoms. The summed E-state index contributed by atoms with van der Waals surface area (Å²) in [5.41, 5.74) is -2.43. The molecule has 274 valence electrons. The van der Waals surface area contributed by atoms with E-state index in [-0.39, 0.29) is 26.2 Å². The highest BCUT2D eigenvalue weighted by atomic mass is 32.2. The van der Waals surface area contributed by atoms with E-state index in [1.165, 1.54) is 14.0 Å². The molecule has 14 heteroatoms. The van der Waals surface area contributed by atoms with Crippen molar-refractivity contribution in [1.29, 1.82) is 0 Å². The first-order valence-electron chi connectivity index (χ1n) is 16.4. The van der Waals surface area contributed by atoms with Gasteiger partial charge in [-0.2, -0.15) is 13.2 Å². The number of halogens is 3. The monoisotopic (exact) mass is 730 g/mol. The van der Waals surface area contributed by atoms with Crippen LogP contribution < -0.4 is 4.74 Å². The molecule has 0 aromatic heterocycles. The highest BCUT2D eigenvalue weighted by Gasteiger charge is 2.69. The molecule has 51 heavy (non-hydrogen) atoms. The quantitative estimate of drug-likeness (QED) is 0.155. The lowest BCUT2D eigenvalue weighted by Gasteiger charge is -2.50. The third-order valence-corrected chi connectivity index (χ3v) is 9.86. The minimum absolute atomic E-state index is 0.0254. The Labute approximate surface area is 299 Å². The number of esters is 2. The number of hydrogen-bond acceptors (Lipinski definition) is 11. The molecule has 3 aromatic carbocycles. The van der Waals surface area contributed by atoms with E-state index >= 15 is 13.2 Å². The van der Waals surface area contributed by atoms with Gasteiger partial charge >= 0.3 is 18.1 Å². The zero-order valence-electron chi connectivity index (χ0n) is 28.7. The van der Waals surface area contributed by atoms with E-state index in [9.17, 15) is 9.59 Å². The smallest absolute Gasteiger partial charge is 0.431 e. The largest absolute Gasteiger partial charge is 0.497 e. The molecule has 6 atom stereocenters. The van der Waals surface area contributed by atoms with Crippen molar-refractivity contribution < 1.29 is 51.2 Å². The molecular weight excluding hydrogens is 689 g/mol. The summed E-state index contributed by atoms with van der Waals surface area (Å²) in [6.45, 7) is 1.08. The van der Waals surface area contributed by atoms with E-state index in [4.69, 9.17) is 33.4 Å². The second kappa shape index (κ2) is 16.9. The van der Waals surface area contributed by atoms with Gasteiger partial charge in [0.1, 0.15) is 35.5 Å². The van der Waals surface area contributed by atoms with Crippen LogP contribution >= 0.6 is 11.8 Å². The molecule has 1 saturated heterocycles. The van der Waals surface area contributed by atoms with Gasteiger partial charge in [-0.3, -0.25) is 4.99 Å². The van der Waals surface area contributed by atoms with Crippen molar-refractivity contribution in [2.75, 3.05) is 27.8 Å². The van der Waals surface area contributed by atoms with E-state index < -0.39 is 59.9 Å². The maximum absolute atomic E-state index is 16.0. The molecule has 1 fully saturated rings. The van der Waals surface area contributed by atoms with Gasteiger partial charge in [-0.1, -0.05) is 84.6 Å². The number of rotatable bonds is 13. The molecule has 10 nitrogen and oxygen atoms in total. The molecule has 5 rings (SSSR count). The van der Waals surface area contributed by atoms with Gasteiger partial charge in [0.25, 0.3) is 0 Å². The molecule has 2 aliphatic heterocycles. The average Bonchev–Trinajstić information content (AvgIpc) is 3.57. The highest BCUT2D eigenvalue weighted by Crippen LogP contribution is 2.49. The Balaban J connectivity index is 1.63. The third-order valence-electron chi connectivity index (χ3n) is 8.55. The van der Waals surface area contributed by atoms with Crippen molar-refractivity contribution >= 4 is 28.9 Å². The number of alkyl halides is 3. The Morgan fingerprint density at radius 3 is 1.96 bits per heavy atom. The van der Waals surface area contributed by atoms with Crippen molar-refractivity contribution in [2.45, 2.75) is 74.5 Å². The Morgan fingerprint density at radius 2 is 1.43 bits per heavy atom. The number of aliphatic imine (C=N–C) groups is 1. The SMILES string of the molecule is CCOC(=O)C(=O)O[C@@](CCc1ccc(OC)cc1)(C1O[C@@H]2SC(N(C)C)=N[C@@H]2[C@@H](OCc2ccccc2)[C@@H]1OCc1ccccc1)C(F)(F)F. The molecule has 0 aliphatic carbocycles. The molecule has 2 heterocycles. The minimum Gasteiger partial charge on any atom is -0.497 e. The number of aryl methyl sites for hydroxylation is 1. The van der Waals surface area contributed by atoms with Gasteiger partial charge < -0.3 is 33.3 Å². The number of carbonyl (C=O) groups is 2. The molecular formula is C37H41F3N2O8S. The number of fused-ring (bicyclic) bond motifs is 1. The molecule has 0 spiro atoms. The topological polar surface area (TPSA) is 105 Å².